The first-order valence-corrected chi connectivity index (χ1v) is 6.97. The molecule has 0 bridgehead atoms. The molecule has 0 radical (unpaired) electrons. The maximum Gasteiger partial charge on any atom is 0.137 e. The summed E-state index contributed by atoms with van der Waals surface area (Å²) >= 11 is 3.21. The van der Waals surface area contributed by atoms with Gasteiger partial charge in [-0.1, -0.05) is 19.9 Å². The van der Waals surface area contributed by atoms with Gasteiger partial charge in [0.25, 0.3) is 0 Å². The van der Waals surface area contributed by atoms with Crippen molar-refractivity contribution < 1.29 is 4.39 Å². The second-order valence-corrected chi connectivity index (χ2v) is 6.22. The lowest BCUT2D eigenvalue weighted by Gasteiger charge is -2.20. The minimum Gasteiger partial charge on any atom is -0.312 e. The zero-order valence-electron chi connectivity index (χ0n) is 10.4. The van der Waals surface area contributed by atoms with Gasteiger partial charge in [0.1, 0.15) is 5.82 Å². The van der Waals surface area contributed by atoms with Gasteiger partial charge in [0.05, 0.1) is 4.47 Å². The molecule has 0 atom stereocenters. The van der Waals surface area contributed by atoms with Gasteiger partial charge in [-0.15, -0.1) is 0 Å². The third-order valence-corrected chi connectivity index (χ3v) is 4.51. The van der Waals surface area contributed by atoms with E-state index in [1.54, 1.807) is 0 Å². The van der Waals surface area contributed by atoms with Crippen molar-refractivity contribution in [2.75, 3.05) is 6.54 Å². The molecule has 0 saturated heterocycles. The number of benzene rings is 1. The summed E-state index contributed by atoms with van der Waals surface area (Å²) in [4.78, 5) is 0. The Balaban J connectivity index is 1.84. The largest absolute Gasteiger partial charge is 0.312 e. The molecule has 3 heteroatoms. The van der Waals surface area contributed by atoms with Crippen molar-refractivity contribution in [2.24, 2.45) is 11.3 Å². The van der Waals surface area contributed by atoms with Gasteiger partial charge < -0.3 is 5.32 Å². The first-order chi connectivity index (χ1) is 8.03. The number of halogens is 2. The van der Waals surface area contributed by atoms with E-state index >= 15 is 0 Å². The fraction of sp³-hybridized carbons (Fsp3) is 0.571. The molecule has 0 heterocycles. The minimum atomic E-state index is -0.199. The van der Waals surface area contributed by atoms with Crippen LogP contribution in [-0.4, -0.2) is 6.54 Å². The average molecular weight is 300 g/mol. The molecular weight excluding hydrogens is 281 g/mol. The summed E-state index contributed by atoms with van der Waals surface area (Å²) in [7, 11) is 0. The van der Waals surface area contributed by atoms with E-state index < -0.39 is 0 Å². The second-order valence-electron chi connectivity index (χ2n) is 5.37. The van der Waals surface area contributed by atoms with E-state index in [9.17, 15) is 4.39 Å². The van der Waals surface area contributed by atoms with Crippen LogP contribution >= 0.6 is 15.9 Å². The average Bonchev–Trinajstić information content (AvgIpc) is 3.04. The van der Waals surface area contributed by atoms with Crippen LogP contribution in [0.2, 0.25) is 0 Å². The van der Waals surface area contributed by atoms with E-state index in [1.807, 2.05) is 12.1 Å². The Morgan fingerprint density at radius 1 is 1.41 bits per heavy atom. The van der Waals surface area contributed by atoms with Crippen molar-refractivity contribution in [3.8, 4) is 0 Å². The van der Waals surface area contributed by atoms with Crippen molar-refractivity contribution in [1.29, 1.82) is 0 Å². The fourth-order valence-corrected chi connectivity index (χ4v) is 2.65. The van der Waals surface area contributed by atoms with Gasteiger partial charge in [-0.25, -0.2) is 4.39 Å². The zero-order valence-corrected chi connectivity index (χ0v) is 12.0. The lowest BCUT2D eigenvalue weighted by atomic mass is 9.92. The van der Waals surface area contributed by atoms with Crippen LogP contribution in [0.1, 0.15) is 32.3 Å². The van der Waals surface area contributed by atoms with Gasteiger partial charge in [-0.05, 0) is 57.8 Å². The highest BCUT2D eigenvalue weighted by molar-refractivity contribution is 9.10. The van der Waals surface area contributed by atoms with E-state index in [0.717, 1.165) is 24.6 Å². The highest BCUT2D eigenvalue weighted by Crippen LogP contribution is 2.51. The molecule has 0 aromatic heterocycles. The Kier molecular flexibility index (Phi) is 3.88. The molecule has 1 aliphatic rings. The van der Waals surface area contributed by atoms with Crippen molar-refractivity contribution >= 4 is 15.9 Å². The van der Waals surface area contributed by atoms with Crippen molar-refractivity contribution in [3.05, 3.63) is 34.1 Å². The summed E-state index contributed by atoms with van der Waals surface area (Å²) < 4.78 is 13.6. The molecule has 94 valence electrons. The first kappa shape index (κ1) is 13.0. The molecule has 0 unspecified atom stereocenters. The van der Waals surface area contributed by atoms with Crippen LogP contribution in [0.5, 0.6) is 0 Å². The molecule has 0 aliphatic heterocycles. The standard InChI is InChI=1S/C14H19BrFN/c1-10(2)14(5-6-14)9-17-8-11-3-4-13(16)12(15)7-11/h3-4,7,10,17H,5-6,8-9H2,1-2H3. The van der Waals surface area contributed by atoms with Crippen LogP contribution in [0.4, 0.5) is 4.39 Å². The number of hydrogen-bond acceptors (Lipinski definition) is 1. The van der Waals surface area contributed by atoms with Gasteiger partial charge in [0.2, 0.25) is 0 Å². The van der Waals surface area contributed by atoms with E-state index in [4.69, 9.17) is 0 Å². The number of hydrogen-bond donors (Lipinski definition) is 1. The van der Waals surface area contributed by atoms with Crippen LogP contribution < -0.4 is 5.32 Å². The van der Waals surface area contributed by atoms with E-state index in [-0.39, 0.29) is 5.82 Å². The third-order valence-electron chi connectivity index (χ3n) is 3.91. The second kappa shape index (κ2) is 5.07. The predicted molar refractivity (Wildman–Crippen MR) is 72.3 cm³/mol. The number of rotatable bonds is 5. The van der Waals surface area contributed by atoms with Gasteiger partial charge >= 0.3 is 0 Å². The molecule has 1 N–H and O–H groups in total. The van der Waals surface area contributed by atoms with Crippen molar-refractivity contribution in [2.45, 2.75) is 33.2 Å². The first-order valence-electron chi connectivity index (χ1n) is 6.18. The van der Waals surface area contributed by atoms with Crippen LogP contribution in [0.25, 0.3) is 0 Å². The molecule has 1 aromatic rings. The topological polar surface area (TPSA) is 12.0 Å². The highest BCUT2D eigenvalue weighted by Gasteiger charge is 2.44. The van der Waals surface area contributed by atoms with Crippen LogP contribution in [0.15, 0.2) is 22.7 Å². The summed E-state index contributed by atoms with van der Waals surface area (Å²) in [5.74, 6) is 0.546. The molecule has 1 fully saturated rings. The van der Waals surface area contributed by atoms with Gasteiger partial charge in [-0.2, -0.15) is 0 Å². The Labute approximate surface area is 111 Å². The molecule has 1 aromatic carbocycles. The van der Waals surface area contributed by atoms with Gasteiger partial charge in [0.15, 0.2) is 0 Å². The molecule has 0 spiro atoms. The Morgan fingerprint density at radius 3 is 2.65 bits per heavy atom. The maximum atomic E-state index is 13.1. The highest BCUT2D eigenvalue weighted by atomic mass is 79.9. The molecule has 2 rings (SSSR count). The van der Waals surface area contributed by atoms with Crippen LogP contribution in [0.3, 0.4) is 0 Å². The molecule has 1 aliphatic carbocycles. The number of nitrogens with one attached hydrogen (secondary N) is 1. The van der Waals surface area contributed by atoms with Crippen LogP contribution in [-0.2, 0) is 6.54 Å². The predicted octanol–water partition coefficient (Wildman–Crippen LogP) is 4.11. The molecular formula is C14H19BrFN. The molecule has 1 saturated carbocycles. The summed E-state index contributed by atoms with van der Waals surface area (Å²) in [6.45, 7) is 6.47. The van der Waals surface area contributed by atoms with E-state index in [2.05, 4.69) is 35.1 Å². The minimum absolute atomic E-state index is 0.199. The smallest absolute Gasteiger partial charge is 0.137 e. The summed E-state index contributed by atoms with van der Waals surface area (Å²) in [6, 6.07) is 5.19. The quantitative estimate of drug-likeness (QED) is 0.862. The lowest BCUT2D eigenvalue weighted by molar-refractivity contribution is 0.338. The SMILES string of the molecule is CC(C)C1(CNCc2ccc(F)c(Br)c2)CC1. The van der Waals surface area contributed by atoms with Crippen molar-refractivity contribution in [1.82, 2.24) is 5.32 Å². The Hall–Kier alpha value is -0.410. The molecule has 0 amide bonds. The fourth-order valence-electron chi connectivity index (χ4n) is 2.22. The Bertz CT molecular complexity index is 399. The van der Waals surface area contributed by atoms with Crippen molar-refractivity contribution in [3.63, 3.8) is 0 Å². The zero-order chi connectivity index (χ0) is 12.5. The summed E-state index contributed by atoms with van der Waals surface area (Å²) in [6.07, 6.45) is 2.68. The molecule has 17 heavy (non-hydrogen) atoms. The maximum absolute atomic E-state index is 13.1. The van der Waals surface area contributed by atoms with Gasteiger partial charge in [0, 0.05) is 13.1 Å². The lowest BCUT2D eigenvalue weighted by Crippen LogP contribution is -2.27. The monoisotopic (exact) mass is 299 g/mol. The molecule has 1 nitrogen and oxygen atoms in total. The summed E-state index contributed by atoms with van der Waals surface area (Å²) in [5, 5.41) is 3.49. The van der Waals surface area contributed by atoms with E-state index in [0.29, 0.717) is 9.89 Å². The normalized spacial score (nSPS) is 17.5. The Morgan fingerprint density at radius 2 is 2.12 bits per heavy atom. The summed E-state index contributed by atoms with van der Waals surface area (Å²) in [5.41, 5.74) is 1.65. The van der Waals surface area contributed by atoms with Crippen LogP contribution in [0, 0.1) is 17.2 Å². The van der Waals surface area contributed by atoms with E-state index in [1.165, 1.54) is 18.9 Å². The van der Waals surface area contributed by atoms with Gasteiger partial charge in [-0.3, -0.25) is 0 Å². The third kappa shape index (κ3) is 3.08.